The van der Waals surface area contributed by atoms with Crippen molar-refractivity contribution in [2.24, 2.45) is 35.5 Å². The molecule has 72 valence electrons. The van der Waals surface area contributed by atoms with E-state index in [0.717, 1.165) is 0 Å². The van der Waals surface area contributed by atoms with Crippen LogP contribution in [0, 0.1) is 35.5 Å². The maximum Gasteiger partial charge on any atom is -0.0349 e. The van der Waals surface area contributed by atoms with Crippen LogP contribution >= 0.6 is 0 Å². The molecule has 2 bridgehead atoms. The van der Waals surface area contributed by atoms with Crippen molar-refractivity contribution in [1.82, 2.24) is 0 Å². The number of hydrogen-bond acceptors (Lipinski definition) is 0. The van der Waals surface area contributed by atoms with Gasteiger partial charge in [0.25, 0.3) is 0 Å². The lowest BCUT2D eigenvalue weighted by atomic mass is 9.67. The maximum atomic E-state index is 1.65. The molecule has 4 aliphatic rings. The van der Waals surface area contributed by atoms with Crippen molar-refractivity contribution < 1.29 is 0 Å². The molecule has 4 saturated carbocycles. The Hall–Kier alpha value is 0. The van der Waals surface area contributed by atoms with Gasteiger partial charge in [0, 0.05) is 0 Å². The predicted molar refractivity (Wildman–Crippen MR) is 53.3 cm³/mol. The second-order valence-corrected chi connectivity index (χ2v) is 6.24. The Morgan fingerprint density at radius 3 is 2.23 bits per heavy atom. The van der Waals surface area contributed by atoms with Crippen LogP contribution in [0.3, 0.4) is 0 Å². The molecule has 0 aliphatic heterocycles. The van der Waals surface area contributed by atoms with Crippen LogP contribution in [0.25, 0.3) is 0 Å². The van der Waals surface area contributed by atoms with Gasteiger partial charge >= 0.3 is 0 Å². The largest absolute Gasteiger partial charge is 0.0502 e. The number of rotatable bonds is 0. The van der Waals surface area contributed by atoms with Gasteiger partial charge < -0.3 is 0 Å². The Bertz CT molecular complexity index is 232. The van der Waals surface area contributed by atoms with Gasteiger partial charge in [-0.05, 0) is 74.0 Å². The third-order valence-corrected chi connectivity index (χ3v) is 5.94. The Morgan fingerprint density at radius 2 is 1.38 bits per heavy atom. The topological polar surface area (TPSA) is 0 Å². The fourth-order valence-corrected chi connectivity index (χ4v) is 5.29. The van der Waals surface area contributed by atoms with Crippen molar-refractivity contribution in [3.63, 3.8) is 0 Å². The Morgan fingerprint density at radius 1 is 0.538 bits per heavy atom. The first kappa shape index (κ1) is 7.31. The van der Waals surface area contributed by atoms with E-state index in [9.17, 15) is 0 Å². The summed E-state index contributed by atoms with van der Waals surface area (Å²) in [6, 6.07) is 0. The van der Waals surface area contributed by atoms with E-state index in [1.807, 2.05) is 0 Å². The van der Waals surface area contributed by atoms with Gasteiger partial charge in [-0.15, -0.1) is 0 Å². The summed E-state index contributed by atoms with van der Waals surface area (Å²) in [6.07, 6.45) is 11.3. The Balaban J connectivity index is 1.67. The van der Waals surface area contributed by atoms with Crippen LogP contribution in [0.5, 0.6) is 0 Å². The molecule has 0 N–H and O–H groups in total. The molecule has 0 aromatic rings. The second kappa shape index (κ2) is 2.32. The zero-order valence-electron chi connectivity index (χ0n) is 8.41. The van der Waals surface area contributed by atoms with Gasteiger partial charge in [0.1, 0.15) is 0 Å². The predicted octanol–water partition coefficient (Wildman–Crippen LogP) is 3.47. The molecule has 6 atom stereocenters. The molecule has 0 amide bonds. The molecular formula is C13H20. The zero-order valence-corrected chi connectivity index (χ0v) is 8.41. The fraction of sp³-hybridized carbons (Fsp3) is 1.00. The molecular weight excluding hydrogens is 156 g/mol. The van der Waals surface area contributed by atoms with E-state index < -0.39 is 0 Å². The average molecular weight is 176 g/mol. The van der Waals surface area contributed by atoms with E-state index in [-0.39, 0.29) is 0 Å². The molecule has 4 rings (SSSR count). The van der Waals surface area contributed by atoms with Crippen LogP contribution in [0.4, 0.5) is 0 Å². The van der Waals surface area contributed by atoms with Crippen molar-refractivity contribution in [1.29, 1.82) is 0 Å². The Labute approximate surface area is 81.1 Å². The molecule has 0 saturated heterocycles. The minimum atomic E-state index is 1.17. The molecule has 0 heterocycles. The summed E-state index contributed by atoms with van der Waals surface area (Å²) < 4.78 is 0. The van der Waals surface area contributed by atoms with Crippen LogP contribution < -0.4 is 0 Å². The molecule has 0 aromatic heterocycles. The lowest BCUT2D eigenvalue weighted by Crippen LogP contribution is -2.30. The van der Waals surface area contributed by atoms with Gasteiger partial charge in [0.15, 0.2) is 0 Å². The highest BCUT2D eigenvalue weighted by Crippen LogP contribution is 2.63. The van der Waals surface area contributed by atoms with Crippen LogP contribution in [0.2, 0.25) is 0 Å². The van der Waals surface area contributed by atoms with Crippen LogP contribution in [0.1, 0.15) is 44.9 Å². The van der Waals surface area contributed by atoms with E-state index in [4.69, 9.17) is 0 Å². The second-order valence-electron chi connectivity index (χ2n) is 6.24. The van der Waals surface area contributed by atoms with E-state index in [1.165, 1.54) is 35.5 Å². The van der Waals surface area contributed by atoms with Crippen molar-refractivity contribution in [3.8, 4) is 0 Å². The summed E-state index contributed by atoms with van der Waals surface area (Å²) in [5.41, 5.74) is 0. The van der Waals surface area contributed by atoms with Crippen molar-refractivity contribution in [3.05, 3.63) is 0 Å². The maximum absolute atomic E-state index is 1.65. The quantitative estimate of drug-likeness (QED) is 0.530. The highest BCUT2D eigenvalue weighted by atomic mass is 14.6. The molecule has 0 aromatic carbocycles. The minimum Gasteiger partial charge on any atom is -0.0502 e. The third-order valence-electron chi connectivity index (χ3n) is 5.94. The minimum absolute atomic E-state index is 1.17. The van der Waals surface area contributed by atoms with Gasteiger partial charge in [-0.3, -0.25) is 0 Å². The summed E-state index contributed by atoms with van der Waals surface area (Å²) in [7, 11) is 0. The molecule has 0 spiro atoms. The first-order valence-corrected chi connectivity index (χ1v) is 6.42. The lowest BCUT2D eigenvalue weighted by molar-refractivity contribution is 0.114. The fourth-order valence-electron chi connectivity index (χ4n) is 5.29. The summed E-state index contributed by atoms with van der Waals surface area (Å²) in [5, 5.41) is 0. The molecule has 4 aliphatic carbocycles. The van der Waals surface area contributed by atoms with Gasteiger partial charge in [0.05, 0.1) is 0 Å². The normalized spacial score (nSPS) is 62.8. The standard InChI is InChI=1S/C13H20/c1-2-9-5-8(1)6-13-11-4-3-10(11)7-12(9)13/h8-13H,1-7H2. The van der Waals surface area contributed by atoms with E-state index in [0.29, 0.717) is 0 Å². The summed E-state index contributed by atoms with van der Waals surface area (Å²) in [5.74, 6) is 7.20. The SMILES string of the molecule is C1CC2CC1CC1C3CCC3CC21. The smallest absolute Gasteiger partial charge is 0.0349 e. The van der Waals surface area contributed by atoms with E-state index >= 15 is 0 Å². The molecule has 6 unspecified atom stereocenters. The Kier molecular flexibility index (Phi) is 1.31. The van der Waals surface area contributed by atoms with Gasteiger partial charge in [0.2, 0.25) is 0 Å². The molecule has 4 fully saturated rings. The van der Waals surface area contributed by atoms with Crippen LogP contribution in [-0.4, -0.2) is 0 Å². The van der Waals surface area contributed by atoms with E-state index in [2.05, 4.69) is 0 Å². The summed E-state index contributed by atoms with van der Waals surface area (Å²) >= 11 is 0. The lowest BCUT2D eigenvalue weighted by Gasteiger charge is -2.38. The molecule has 13 heavy (non-hydrogen) atoms. The highest BCUT2D eigenvalue weighted by molar-refractivity contribution is 5.03. The van der Waals surface area contributed by atoms with Gasteiger partial charge in [-0.2, -0.15) is 0 Å². The first-order chi connectivity index (χ1) is 6.42. The van der Waals surface area contributed by atoms with Gasteiger partial charge in [-0.25, -0.2) is 0 Å². The van der Waals surface area contributed by atoms with Crippen LogP contribution in [0.15, 0.2) is 0 Å². The zero-order chi connectivity index (χ0) is 8.41. The number of fused-ring (bicyclic) bond motifs is 6. The van der Waals surface area contributed by atoms with Gasteiger partial charge in [-0.1, -0.05) is 6.42 Å². The average Bonchev–Trinajstić information content (AvgIpc) is 2.55. The monoisotopic (exact) mass is 176 g/mol. The summed E-state index contributed by atoms with van der Waals surface area (Å²) in [6.45, 7) is 0. The highest BCUT2D eigenvalue weighted by Gasteiger charge is 2.54. The first-order valence-electron chi connectivity index (χ1n) is 6.42. The van der Waals surface area contributed by atoms with Crippen molar-refractivity contribution >= 4 is 0 Å². The summed E-state index contributed by atoms with van der Waals surface area (Å²) in [4.78, 5) is 0. The van der Waals surface area contributed by atoms with Crippen molar-refractivity contribution in [2.75, 3.05) is 0 Å². The number of hydrogen-bond donors (Lipinski definition) is 0. The van der Waals surface area contributed by atoms with E-state index in [1.54, 1.807) is 44.9 Å². The molecule has 0 heteroatoms. The third kappa shape index (κ3) is 0.831. The molecule has 0 nitrogen and oxygen atoms in total. The van der Waals surface area contributed by atoms with Crippen molar-refractivity contribution in [2.45, 2.75) is 44.9 Å². The molecule has 0 radical (unpaired) electrons. The van der Waals surface area contributed by atoms with Crippen LogP contribution in [-0.2, 0) is 0 Å².